The fraction of sp³-hybridized carbons (Fsp3) is 0.429. The van der Waals surface area contributed by atoms with Gasteiger partial charge in [-0.3, -0.25) is 4.79 Å². The second-order valence-corrected chi connectivity index (χ2v) is 5.60. The largest absolute Gasteiger partial charge is 0.326 e. The van der Waals surface area contributed by atoms with Gasteiger partial charge in [-0.05, 0) is 23.6 Å². The summed E-state index contributed by atoms with van der Waals surface area (Å²) in [6.07, 6.45) is 0.461. The minimum atomic E-state index is -0.534. The summed E-state index contributed by atoms with van der Waals surface area (Å²) in [4.78, 5) is 13.5. The number of carbonyl (C=O) groups excluding carboxylic acids is 1. The van der Waals surface area contributed by atoms with Crippen LogP contribution >= 0.6 is 15.9 Å². The summed E-state index contributed by atoms with van der Waals surface area (Å²) in [7, 11) is 1.68. The second kappa shape index (κ2) is 6.55. The Morgan fingerprint density at radius 1 is 1.50 bits per heavy atom. The molecule has 0 bridgehead atoms. The lowest BCUT2D eigenvalue weighted by Gasteiger charge is -2.24. The van der Waals surface area contributed by atoms with E-state index in [0.717, 1.165) is 10.0 Å². The average molecular weight is 309 g/mol. The molecule has 1 amide bonds. The van der Waals surface area contributed by atoms with Crippen LogP contribution in [0.5, 0.6) is 0 Å². The lowest BCUT2D eigenvalue weighted by atomic mass is 10.0. The molecule has 0 aliphatic carbocycles. The van der Waals surface area contributed by atoms with Crippen LogP contribution < -0.4 is 0 Å². The van der Waals surface area contributed by atoms with Crippen molar-refractivity contribution in [2.75, 3.05) is 7.05 Å². The maximum absolute atomic E-state index is 12.0. The van der Waals surface area contributed by atoms with E-state index in [4.69, 9.17) is 0 Å². The van der Waals surface area contributed by atoms with E-state index in [2.05, 4.69) is 22.0 Å². The zero-order chi connectivity index (χ0) is 13.7. The van der Waals surface area contributed by atoms with Crippen LogP contribution in [0.2, 0.25) is 0 Å². The summed E-state index contributed by atoms with van der Waals surface area (Å²) in [6, 6.07) is 9.14. The van der Waals surface area contributed by atoms with Crippen molar-refractivity contribution in [3.63, 3.8) is 0 Å². The Morgan fingerprint density at radius 3 is 2.67 bits per heavy atom. The molecule has 0 heterocycles. The van der Waals surface area contributed by atoms with E-state index in [1.54, 1.807) is 7.05 Å². The molecule has 0 radical (unpaired) electrons. The normalized spacial score (nSPS) is 12.0. The van der Waals surface area contributed by atoms with Crippen molar-refractivity contribution in [3.05, 3.63) is 34.3 Å². The molecule has 0 fully saturated rings. The Labute approximate surface area is 117 Å². The Bertz CT molecular complexity index is 465. The van der Waals surface area contributed by atoms with Gasteiger partial charge in [0.05, 0.1) is 6.07 Å². The number of halogens is 1. The second-order valence-electron chi connectivity index (χ2n) is 4.69. The molecular formula is C14H17BrN2O. The number of carbonyl (C=O) groups is 1. The van der Waals surface area contributed by atoms with Gasteiger partial charge in [-0.15, -0.1) is 0 Å². The Hall–Kier alpha value is -1.34. The van der Waals surface area contributed by atoms with Crippen molar-refractivity contribution in [1.82, 2.24) is 4.90 Å². The third-order valence-corrected chi connectivity index (χ3v) is 3.14. The summed E-state index contributed by atoms with van der Waals surface area (Å²) < 4.78 is 0.907. The zero-order valence-electron chi connectivity index (χ0n) is 10.9. The van der Waals surface area contributed by atoms with Gasteiger partial charge in [0.15, 0.2) is 0 Å². The molecule has 0 saturated carbocycles. The van der Waals surface area contributed by atoms with Crippen molar-refractivity contribution in [1.29, 1.82) is 5.26 Å². The number of hydrogen-bond acceptors (Lipinski definition) is 2. The topological polar surface area (TPSA) is 44.1 Å². The van der Waals surface area contributed by atoms with Gasteiger partial charge < -0.3 is 4.90 Å². The van der Waals surface area contributed by atoms with Gasteiger partial charge in [0.1, 0.15) is 6.04 Å². The first-order valence-corrected chi connectivity index (χ1v) is 6.65. The maximum Gasteiger partial charge on any atom is 0.223 e. The maximum atomic E-state index is 12.0. The molecule has 1 unspecified atom stereocenters. The summed E-state index contributed by atoms with van der Waals surface area (Å²) >= 11 is 3.37. The summed E-state index contributed by atoms with van der Waals surface area (Å²) in [5.74, 6) is 0.290. The van der Waals surface area contributed by atoms with Crippen molar-refractivity contribution in [2.45, 2.75) is 26.3 Å². The van der Waals surface area contributed by atoms with Gasteiger partial charge in [0.2, 0.25) is 5.91 Å². The number of nitriles is 1. The lowest BCUT2D eigenvalue weighted by molar-refractivity contribution is -0.131. The number of hydrogen-bond donors (Lipinski definition) is 0. The van der Waals surface area contributed by atoms with Crippen LogP contribution in [0, 0.1) is 17.2 Å². The predicted molar refractivity (Wildman–Crippen MR) is 74.7 cm³/mol. The van der Waals surface area contributed by atoms with Gasteiger partial charge in [0.25, 0.3) is 0 Å². The first-order valence-electron chi connectivity index (χ1n) is 5.86. The number of benzene rings is 1. The molecule has 1 atom stereocenters. The summed E-state index contributed by atoms with van der Waals surface area (Å²) in [5.41, 5.74) is 0.825. The molecule has 0 saturated heterocycles. The molecule has 0 aliphatic heterocycles. The minimum Gasteiger partial charge on any atom is -0.326 e. The lowest BCUT2D eigenvalue weighted by Crippen LogP contribution is -2.31. The van der Waals surface area contributed by atoms with E-state index >= 15 is 0 Å². The van der Waals surface area contributed by atoms with Gasteiger partial charge in [0, 0.05) is 17.9 Å². The van der Waals surface area contributed by atoms with E-state index < -0.39 is 6.04 Å². The fourth-order valence-electron chi connectivity index (χ4n) is 1.70. The van der Waals surface area contributed by atoms with Crippen LogP contribution in [0.4, 0.5) is 0 Å². The quantitative estimate of drug-likeness (QED) is 0.854. The molecular weight excluding hydrogens is 292 g/mol. The smallest absolute Gasteiger partial charge is 0.223 e. The molecule has 0 aromatic heterocycles. The molecule has 0 spiro atoms. The van der Waals surface area contributed by atoms with E-state index in [1.807, 2.05) is 38.1 Å². The summed E-state index contributed by atoms with van der Waals surface area (Å²) in [6.45, 7) is 3.98. The van der Waals surface area contributed by atoms with Gasteiger partial charge >= 0.3 is 0 Å². The van der Waals surface area contributed by atoms with Gasteiger partial charge in [-0.2, -0.15) is 5.26 Å². The molecule has 0 N–H and O–H groups in total. The number of rotatable bonds is 4. The molecule has 1 aromatic rings. The Morgan fingerprint density at radius 2 is 2.17 bits per heavy atom. The van der Waals surface area contributed by atoms with E-state index in [0.29, 0.717) is 12.3 Å². The third-order valence-electron chi connectivity index (χ3n) is 2.65. The first-order chi connectivity index (χ1) is 8.45. The van der Waals surface area contributed by atoms with Gasteiger partial charge in [-0.1, -0.05) is 41.9 Å². The molecule has 3 nitrogen and oxygen atoms in total. The van der Waals surface area contributed by atoms with Crippen molar-refractivity contribution in [2.24, 2.45) is 5.92 Å². The van der Waals surface area contributed by atoms with Crippen LogP contribution in [0.1, 0.15) is 31.9 Å². The van der Waals surface area contributed by atoms with Crippen molar-refractivity contribution >= 4 is 21.8 Å². The van der Waals surface area contributed by atoms with Crippen LogP contribution in [0.25, 0.3) is 0 Å². The molecule has 96 valence electrons. The van der Waals surface area contributed by atoms with Crippen molar-refractivity contribution in [3.8, 4) is 6.07 Å². The SMILES string of the molecule is CC(C)CC(=O)N(C)C(C#N)c1cccc(Br)c1. The fourth-order valence-corrected chi connectivity index (χ4v) is 2.12. The molecule has 0 aliphatic rings. The average Bonchev–Trinajstić information content (AvgIpc) is 2.29. The van der Waals surface area contributed by atoms with Crippen LogP contribution in [-0.4, -0.2) is 17.9 Å². The standard InChI is InChI=1S/C14H17BrN2O/c1-10(2)7-14(18)17(3)13(9-16)11-5-4-6-12(15)8-11/h4-6,8,10,13H,7H2,1-3H3. The first kappa shape index (κ1) is 14.7. The minimum absolute atomic E-state index is 0.00322. The number of amides is 1. The molecule has 18 heavy (non-hydrogen) atoms. The van der Waals surface area contributed by atoms with Gasteiger partial charge in [-0.25, -0.2) is 0 Å². The molecule has 1 rings (SSSR count). The zero-order valence-corrected chi connectivity index (χ0v) is 12.4. The van der Waals surface area contributed by atoms with Crippen LogP contribution in [-0.2, 0) is 4.79 Å². The highest BCUT2D eigenvalue weighted by molar-refractivity contribution is 9.10. The predicted octanol–water partition coefficient (Wildman–Crippen LogP) is 3.52. The molecule has 4 heteroatoms. The van der Waals surface area contributed by atoms with E-state index in [1.165, 1.54) is 4.90 Å². The highest BCUT2D eigenvalue weighted by Gasteiger charge is 2.21. The Kier molecular flexibility index (Phi) is 5.36. The van der Waals surface area contributed by atoms with Crippen molar-refractivity contribution < 1.29 is 4.79 Å². The third kappa shape index (κ3) is 3.85. The van der Waals surface area contributed by atoms with E-state index in [-0.39, 0.29) is 5.91 Å². The summed E-state index contributed by atoms with van der Waals surface area (Å²) in [5, 5.41) is 9.26. The molecule has 1 aromatic carbocycles. The highest BCUT2D eigenvalue weighted by Crippen LogP contribution is 2.23. The van der Waals surface area contributed by atoms with Crippen LogP contribution in [0.3, 0.4) is 0 Å². The Balaban J connectivity index is 2.91. The monoisotopic (exact) mass is 308 g/mol. The van der Waals surface area contributed by atoms with E-state index in [9.17, 15) is 10.1 Å². The number of nitrogens with zero attached hydrogens (tertiary/aromatic N) is 2. The van der Waals surface area contributed by atoms with Crippen LogP contribution in [0.15, 0.2) is 28.7 Å². The highest BCUT2D eigenvalue weighted by atomic mass is 79.9.